The molecule has 1 N–H and O–H groups in total. The molecule has 0 spiro atoms. The van der Waals surface area contributed by atoms with Crippen LogP contribution in [0, 0.1) is 13.8 Å². The number of halogens is 1. The van der Waals surface area contributed by atoms with Crippen molar-refractivity contribution in [3.8, 4) is 5.69 Å². The summed E-state index contributed by atoms with van der Waals surface area (Å²) in [6.07, 6.45) is 0. The van der Waals surface area contributed by atoms with Gasteiger partial charge in [-0.15, -0.1) is 10.2 Å². The van der Waals surface area contributed by atoms with Crippen molar-refractivity contribution in [2.45, 2.75) is 13.8 Å². The molecular formula is C17H15ClN4O. The monoisotopic (exact) mass is 326 g/mol. The summed E-state index contributed by atoms with van der Waals surface area (Å²) in [4.78, 5) is 12.5. The Labute approximate surface area is 138 Å². The van der Waals surface area contributed by atoms with E-state index in [1.807, 2.05) is 49.4 Å². The zero-order chi connectivity index (χ0) is 16.4. The highest BCUT2D eigenvalue weighted by molar-refractivity contribution is 6.33. The smallest absolute Gasteiger partial charge is 0.293 e. The van der Waals surface area contributed by atoms with Crippen molar-refractivity contribution in [3.05, 3.63) is 75.2 Å². The van der Waals surface area contributed by atoms with Crippen LogP contribution >= 0.6 is 11.6 Å². The van der Waals surface area contributed by atoms with Gasteiger partial charge in [-0.1, -0.05) is 35.9 Å². The maximum atomic E-state index is 12.5. The first-order valence-corrected chi connectivity index (χ1v) is 7.49. The summed E-state index contributed by atoms with van der Waals surface area (Å²) in [5, 5.41) is 11.7. The predicted molar refractivity (Wildman–Crippen MR) is 91.5 cm³/mol. The molecule has 3 aromatic rings. The molecule has 0 unspecified atom stereocenters. The van der Waals surface area contributed by atoms with E-state index in [1.54, 1.807) is 13.0 Å². The van der Waals surface area contributed by atoms with Crippen molar-refractivity contribution in [2.75, 3.05) is 0 Å². The number of H-pyrrole nitrogens is 1. The lowest BCUT2D eigenvalue weighted by Gasteiger charge is -1.99. The number of hydrogen-bond donors (Lipinski definition) is 1. The average molecular weight is 327 g/mol. The first kappa shape index (κ1) is 15.2. The van der Waals surface area contributed by atoms with Gasteiger partial charge in [0.15, 0.2) is 5.69 Å². The van der Waals surface area contributed by atoms with Gasteiger partial charge in [0, 0.05) is 0 Å². The molecule has 116 valence electrons. The third-order valence-corrected chi connectivity index (χ3v) is 3.72. The fourth-order valence-electron chi connectivity index (χ4n) is 2.21. The molecule has 0 fully saturated rings. The molecule has 23 heavy (non-hydrogen) atoms. The number of benzene rings is 2. The maximum absolute atomic E-state index is 12.5. The molecule has 0 atom stereocenters. The first-order valence-electron chi connectivity index (χ1n) is 7.11. The van der Waals surface area contributed by atoms with Crippen LogP contribution < -0.4 is 5.56 Å². The normalized spacial score (nSPS) is 11.3. The van der Waals surface area contributed by atoms with Crippen LogP contribution in [0.2, 0.25) is 5.02 Å². The highest BCUT2D eigenvalue weighted by atomic mass is 35.5. The Morgan fingerprint density at radius 1 is 1.04 bits per heavy atom. The number of rotatable bonds is 3. The van der Waals surface area contributed by atoms with Crippen molar-refractivity contribution < 1.29 is 0 Å². The number of aromatic nitrogens is 2. The van der Waals surface area contributed by atoms with Gasteiger partial charge in [0.25, 0.3) is 5.56 Å². The second kappa shape index (κ2) is 6.22. The number of hydrogen-bond acceptors (Lipinski definition) is 3. The van der Waals surface area contributed by atoms with Gasteiger partial charge in [0.05, 0.1) is 16.4 Å². The van der Waals surface area contributed by atoms with Crippen LogP contribution in [0.25, 0.3) is 5.69 Å². The zero-order valence-electron chi connectivity index (χ0n) is 12.7. The van der Waals surface area contributed by atoms with Crippen molar-refractivity contribution in [1.82, 2.24) is 9.78 Å². The molecule has 6 heteroatoms. The van der Waals surface area contributed by atoms with Gasteiger partial charge >= 0.3 is 0 Å². The van der Waals surface area contributed by atoms with Crippen molar-refractivity contribution >= 4 is 23.0 Å². The summed E-state index contributed by atoms with van der Waals surface area (Å²) in [5.74, 6) is 0. The third kappa shape index (κ3) is 3.10. The van der Waals surface area contributed by atoms with Gasteiger partial charge in [-0.2, -0.15) is 0 Å². The van der Waals surface area contributed by atoms with E-state index in [4.69, 9.17) is 11.6 Å². The topological polar surface area (TPSA) is 62.5 Å². The minimum Gasteiger partial charge on any atom is -0.293 e. The Bertz CT molecular complexity index is 926. The standard InChI is InChI=1S/C17H15ClN4O/c1-11-8-9-15(14(18)10-11)19-20-16-12(2)21-22(17(16)23)13-6-4-3-5-7-13/h3-10,21H,1-2H3. The maximum Gasteiger partial charge on any atom is 0.299 e. The van der Waals surface area contributed by atoms with E-state index >= 15 is 0 Å². The Balaban J connectivity index is 2.00. The minimum absolute atomic E-state index is 0.249. The van der Waals surface area contributed by atoms with Gasteiger partial charge in [0.1, 0.15) is 5.69 Å². The molecular weight excluding hydrogens is 312 g/mol. The number of aryl methyl sites for hydroxylation is 2. The average Bonchev–Trinajstić information content (AvgIpc) is 2.82. The largest absolute Gasteiger partial charge is 0.299 e. The molecule has 0 aliphatic heterocycles. The fraction of sp³-hybridized carbons (Fsp3) is 0.118. The van der Waals surface area contributed by atoms with Gasteiger partial charge in [-0.25, -0.2) is 4.68 Å². The van der Waals surface area contributed by atoms with Gasteiger partial charge in [-0.3, -0.25) is 9.89 Å². The molecule has 1 aromatic heterocycles. The summed E-state index contributed by atoms with van der Waals surface area (Å²) in [5.41, 5.74) is 2.98. The lowest BCUT2D eigenvalue weighted by atomic mass is 10.2. The van der Waals surface area contributed by atoms with Crippen LogP contribution in [0.3, 0.4) is 0 Å². The highest BCUT2D eigenvalue weighted by Gasteiger charge is 2.12. The molecule has 2 aromatic carbocycles. The minimum atomic E-state index is -0.249. The molecule has 0 bridgehead atoms. The second-order valence-electron chi connectivity index (χ2n) is 5.22. The summed E-state index contributed by atoms with van der Waals surface area (Å²) >= 11 is 6.13. The lowest BCUT2D eigenvalue weighted by molar-refractivity contribution is 0.835. The summed E-state index contributed by atoms with van der Waals surface area (Å²) in [7, 11) is 0. The van der Waals surface area contributed by atoms with Gasteiger partial charge < -0.3 is 0 Å². The Hall–Kier alpha value is -2.66. The van der Waals surface area contributed by atoms with E-state index < -0.39 is 0 Å². The Morgan fingerprint density at radius 2 is 1.78 bits per heavy atom. The van der Waals surface area contributed by atoms with Crippen LogP contribution in [-0.4, -0.2) is 9.78 Å². The van der Waals surface area contributed by atoms with Gasteiger partial charge in [-0.05, 0) is 43.7 Å². The predicted octanol–water partition coefficient (Wildman–Crippen LogP) is 4.85. The lowest BCUT2D eigenvalue weighted by Crippen LogP contribution is -2.13. The van der Waals surface area contributed by atoms with Crippen LogP contribution in [0.1, 0.15) is 11.3 Å². The van der Waals surface area contributed by atoms with E-state index in [1.165, 1.54) is 4.68 Å². The van der Waals surface area contributed by atoms with E-state index in [2.05, 4.69) is 15.3 Å². The van der Waals surface area contributed by atoms with Crippen LogP contribution in [0.5, 0.6) is 0 Å². The Morgan fingerprint density at radius 3 is 2.48 bits per heavy atom. The molecule has 3 rings (SSSR count). The Kier molecular flexibility index (Phi) is 4.12. The van der Waals surface area contributed by atoms with E-state index in [9.17, 15) is 4.79 Å². The summed E-state index contributed by atoms with van der Waals surface area (Å²) in [6, 6.07) is 14.8. The number of para-hydroxylation sites is 1. The van der Waals surface area contributed by atoms with E-state index in [-0.39, 0.29) is 11.2 Å². The third-order valence-electron chi connectivity index (χ3n) is 3.42. The van der Waals surface area contributed by atoms with Crippen molar-refractivity contribution in [2.24, 2.45) is 10.2 Å². The molecule has 1 heterocycles. The second-order valence-corrected chi connectivity index (χ2v) is 5.62. The molecule has 0 saturated heterocycles. The number of azo groups is 1. The van der Waals surface area contributed by atoms with E-state index in [0.717, 1.165) is 11.3 Å². The first-order chi connectivity index (χ1) is 11.1. The van der Waals surface area contributed by atoms with Crippen LogP contribution in [0.4, 0.5) is 11.4 Å². The quantitative estimate of drug-likeness (QED) is 0.687. The SMILES string of the molecule is Cc1ccc(N=Nc2c(C)[nH]n(-c3ccccc3)c2=O)c(Cl)c1. The van der Waals surface area contributed by atoms with Gasteiger partial charge in [0.2, 0.25) is 0 Å². The number of nitrogens with one attached hydrogen (secondary N) is 1. The number of nitrogens with zero attached hydrogens (tertiary/aromatic N) is 3. The number of aromatic amines is 1. The van der Waals surface area contributed by atoms with Crippen LogP contribution in [0.15, 0.2) is 63.6 Å². The molecule has 0 amide bonds. The molecule has 0 radical (unpaired) electrons. The highest BCUT2D eigenvalue weighted by Crippen LogP contribution is 2.27. The zero-order valence-corrected chi connectivity index (χ0v) is 13.5. The van der Waals surface area contributed by atoms with E-state index in [0.29, 0.717) is 16.4 Å². The summed E-state index contributed by atoms with van der Waals surface area (Å²) in [6.45, 7) is 3.73. The molecule has 0 aliphatic rings. The molecule has 0 saturated carbocycles. The molecule has 5 nitrogen and oxygen atoms in total. The van der Waals surface area contributed by atoms with Crippen molar-refractivity contribution in [1.29, 1.82) is 0 Å². The molecule has 0 aliphatic carbocycles. The van der Waals surface area contributed by atoms with Crippen molar-refractivity contribution in [3.63, 3.8) is 0 Å². The van der Waals surface area contributed by atoms with Crippen LogP contribution in [-0.2, 0) is 0 Å². The fourth-order valence-corrected chi connectivity index (χ4v) is 2.48. The summed E-state index contributed by atoms with van der Waals surface area (Å²) < 4.78 is 1.44.